The Kier molecular flexibility index (Phi) is 4.78. The second kappa shape index (κ2) is 6.85. The van der Waals surface area contributed by atoms with Crippen molar-refractivity contribution >= 4 is 28.5 Å². The molecule has 25 heavy (non-hydrogen) atoms. The molecule has 0 aliphatic carbocycles. The molecule has 0 amide bonds. The van der Waals surface area contributed by atoms with Crippen molar-refractivity contribution in [3.05, 3.63) is 63.7 Å². The Balaban J connectivity index is 2.40. The predicted molar refractivity (Wildman–Crippen MR) is 102 cm³/mol. The van der Waals surface area contributed by atoms with E-state index in [1.54, 1.807) is 0 Å². The maximum atomic E-state index is 12.7. The van der Waals surface area contributed by atoms with E-state index in [0.29, 0.717) is 17.2 Å². The highest BCUT2D eigenvalue weighted by Crippen LogP contribution is 2.33. The maximum absolute atomic E-state index is 12.7. The number of carbonyl (C=O) groups is 1. The lowest BCUT2D eigenvalue weighted by molar-refractivity contribution is 0.0528. The van der Waals surface area contributed by atoms with Crippen molar-refractivity contribution in [2.75, 3.05) is 6.61 Å². The normalized spacial score (nSPS) is 10.9. The number of halogens is 1. The zero-order valence-electron chi connectivity index (χ0n) is 14.8. The van der Waals surface area contributed by atoms with E-state index < -0.39 is 0 Å². The van der Waals surface area contributed by atoms with Gasteiger partial charge in [0.05, 0.1) is 23.4 Å². The van der Waals surface area contributed by atoms with Crippen LogP contribution in [0.3, 0.4) is 0 Å². The van der Waals surface area contributed by atoms with Gasteiger partial charge in [0, 0.05) is 16.0 Å². The standard InChI is InChI=1S/C21H20ClNO2/c1-5-25-21(24)18-14(4)20(15-7-6-8-16(22)11-15)23-19-13(3)9-12(2)10-17(18)19/h6-11H,5H2,1-4H3. The fourth-order valence-corrected chi connectivity index (χ4v) is 3.39. The van der Waals surface area contributed by atoms with Crippen molar-refractivity contribution in [1.29, 1.82) is 0 Å². The van der Waals surface area contributed by atoms with Crippen molar-refractivity contribution in [3.63, 3.8) is 0 Å². The van der Waals surface area contributed by atoms with Gasteiger partial charge in [0.25, 0.3) is 0 Å². The predicted octanol–water partition coefficient (Wildman–Crippen LogP) is 5.66. The highest BCUT2D eigenvalue weighted by atomic mass is 35.5. The summed E-state index contributed by atoms with van der Waals surface area (Å²) in [6.07, 6.45) is 0. The van der Waals surface area contributed by atoms with E-state index in [9.17, 15) is 4.79 Å². The molecule has 3 rings (SSSR count). The van der Waals surface area contributed by atoms with Crippen molar-refractivity contribution in [1.82, 2.24) is 4.98 Å². The molecule has 0 atom stereocenters. The van der Waals surface area contributed by atoms with Gasteiger partial charge in [0.1, 0.15) is 0 Å². The third-order valence-corrected chi connectivity index (χ3v) is 4.48. The molecular weight excluding hydrogens is 334 g/mol. The summed E-state index contributed by atoms with van der Waals surface area (Å²) in [5.41, 5.74) is 5.96. The summed E-state index contributed by atoms with van der Waals surface area (Å²) >= 11 is 6.15. The number of nitrogens with zero attached hydrogens (tertiary/aromatic N) is 1. The van der Waals surface area contributed by atoms with Crippen LogP contribution < -0.4 is 0 Å². The van der Waals surface area contributed by atoms with Crippen LogP contribution in [0.2, 0.25) is 5.02 Å². The van der Waals surface area contributed by atoms with Crippen molar-refractivity contribution in [3.8, 4) is 11.3 Å². The number of esters is 1. The Hall–Kier alpha value is -2.39. The first-order chi connectivity index (χ1) is 11.9. The lowest BCUT2D eigenvalue weighted by Gasteiger charge is -2.16. The molecule has 3 nitrogen and oxygen atoms in total. The molecule has 0 spiro atoms. The molecule has 128 valence electrons. The van der Waals surface area contributed by atoms with Crippen LogP contribution in [-0.4, -0.2) is 17.6 Å². The Labute approximate surface area is 152 Å². The lowest BCUT2D eigenvalue weighted by atomic mass is 9.95. The number of carbonyl (C=O) groups excluding carboxylic acids is 1. The first-order valence-corrected chi connectivity index (χ1v) is 8.64. The van der Waals surface area contributed by atoms with Crippen LogP contribution in [0.5, 0.6) is 0 Å². The third kappa shape index (κ3) is 3.24. The summed E-state index contributed by atoms with van der Waals surface area (Å²) in [4.78, 5) is 17.5. The highest BCUT2D eigenvalue weighted by molar-refractivity contribution is 6.30. The molecule has 0 saturated heterocycles. The molecule has 0 bridgehead atoms. The van der Waals surface area contributed by atoms with Gasteiger partial charge in [-0.25, -0.2) is 9.78 Å². The Morgan fingerprint density at radius 2 is 1.92 bits per heavy atom. The largest absolute Gasteiger partial charge is 0.462 e. The zero-order chi connectivity index (χ0) is 18.1. The molecule has 0 fully saturated rings. The second-order valence-corrected chi connectivity index (χ2v) is 6.61. The summed E-state index contributed by atoms with van der Waals surface area (Å²) in [5, 5.41) is 1.47. The first-order valence-electron chi connectivity index (χ1n) is 8.27. The van der Waals surface area contributed by atoms with Crippen molar-refractivity contribution in [2.24, 2.45) is 0 Å². The number of aryl methyl sites for hydroxylation is 2. The molecule has 0 unspecified atom stereocenters. The summed E-state index contributed by atoms with van der Waals surface area (Å²) in [6.45, 7) is 8.08. The van der Waals surface area contributed by atoms with E-state index >= 15 is 0 Å². The third-order valence-electron chi connectivity index (χ3n) is 4.25. The minimum atomic E-state index is -0.319. The number of ether oxygens (including phenoxy) is 1. The SMILES string of the molecule is CCOC(=O)c1c(C)c(-c2cccc(Cl)c2)nc2c(C)cc(C)cc12. The van der Waals surface area contributed by atoms with Gasteiger partial charge < -0.3 is 4.74 Å². The number of rotatable bonds is 3. The van der Waals surface area contributed by atoms with E-state index in [0.717, 1.165) is 38.9 Å². The van der Waals surface area contributed by atoms with Crippen LogP contribution in [0.15, 0.2) is 36.4 Å². The Morgan fingerprint density at radius 3 is 2.60 bits per heavy atom. The molecule has 2 aromatic carbocycles. The summed E-state index contributed by atoms with van der Waals surface area (Å²) in [6, 6.07) is 11.6. The fourth-order valence-electron chi connectivity index (χ4n) is 3.20. The average Bonchev–Trinajstić information content (AvgIpc) is 2.54. The molecule has 1 aromatic heterocycles. The van der Waals surface area contributed by atoms with Gasteiger partial charge in [0.2, 0.25) is 0 Å². The molecule has 0 radical (unpaired) electrons. The molecule has 4 heteroatoms. The molecule has 0 aliphatic rings. The van der Waals surface area contributed by atoms with Crippen molar-refractivity contribution < 1.29 is 9.53 Å². The average molecular weight is 354 g/mol. The fraction of sp³-hybridized carbons (Fsp3) is 0.238. The van der Waals surface area contributed by atoms with Crippen molar-refractivity contribution in [2.45, 2.75) is 27.7 Å². The van der Waals surface area contributed by atoms with Crippen LogP contribution >= 0.6 is 11.6 Å². The number of hydrogen-bond donors (Lipinski definition) is 0. The van der Waals surface area contributed by atoms with Gasteiger partial charge in [-0.1, -0.05) is 35.4 Å². The van der Waals surface area contributed by atoms with E-state index in [2.05, 4.69) is 6.07 Å². The topological polar surface area (TPSA) is 39.2 Å². The monoisotopic (exact) mass is 353 g/mol. The van der Waals surface area contributed by atoms with Gasteiger partial charge in [-0.05, 0) is 57.0 Å². The number of aromatic nitrogens is 1. The van der Waals surface area contributed by atoms with Crippen LogP contribution in [0.4, 0.5) is 0 Å². The molecule has 0 aliphatic heterocycles. The van der Waals surface area contributed by atoms with E-state index in [1.165, 1.54) is 0 Å². The van der Waals surface area contributed by atoms with Gasteiger partial charge in [-0.2, -0.15) is 0 Å². The number of fused-ring (bicyclic) bond motifs is 1. The van der Waals surface area contributed by atoms with Gasteiger partial charge in [0.15, 0.2) is 0 Å². The van der Waals surface area contributed by atoms with Gasteiger partial charge >= 0.3 is 5.97 Å². The van der Waals surface area contributed by atoms with Gasteiger partial charge in [-0.15, -0.1) is 0 Å². The first kappa shape index (κ1) is 17.4. The van der Waals surface area contributed by atoms with Crippen LogP contribution in [0, 0.1) is 20.8 Å². The van der Waals surface area contributed by atoms with Gasteiger partial charge in [-0.3, -0.25) is 0 Å². The Bertz CT molecular complexity index is 979. The lowest BCUT2D eigenvalue weighted by Crippen LogP contribution is -2.10. The van der Waals surface area contributed by atoms with E-state index in [-0.39, 0.29) is 5.97 Å². The highest BCUT2D eigenvalue weighted by Gasteiger charge is 2.21. The zero-order valence-corrected chi connectivity index (χ0v) is 15.6. The summed E-state index contributed by atoms with van der Waals surface area (Å²) in [5.74, 6) is -0.319. The summed E-state index contributed by atoms with van der Waals surface area (Å²) < 4.78 is 5.32. The minimum Gasteiger partial charge on any atom is -0.462 e. The molecule has 0 saturated carbocycles. The quantitative estimate of drug-likeness (QED) is 0.570. The number of benzene rings is 2. The summed E-state index contributed by atoms with van der Waals surface area (Å²) in [7, 11) is 0. The number of hydrogen-bond acceptors (Lipinski definition) is 3. The molecule has 1 heterocycles. The maximum Gasteiger partial charge on any atom is 0.339 e. The van der Waals surface area contributed by atoms with E-state index in [1.807, 2.05) is 58.0 Å². The molecule has 0 N–H and O–H groups in total. The second-order valence-electron chi connectivity index (χ2n) is 6.17. The Morgan fingerprint density at radius 1 is 1.16 bits per heavy atom. The molecular formula is C21H20ClNO2. The minimum absolute atomic E-state index is 0.319. The van der Waals surface area contributed by atoms with E-state index in [4.69, 9.17) is 21.3 Å². The number of pyridine rings is 1. The molecule has 3 aromatic rings. The van der Waals surface area contributed by atoms with Crippen LogP contribution in [0.1, 0.15) is 34.0 Å². The smallest absolute Gasteiger partial charge is 0.339 e. The van der Waals surface area contributed by atoms with Crippen LogP contribution in [-0.2, 0) is 4.74 Å². The van der Waals surface area contributed by atoms with Crippen LogP contribution in [0.25, 0.3) is 22.2 Å².